The molecule has 0 atom stereocenters. The summed E-state index contributed by atoms with van der Waals surface area (Å²) in [5.41, 5.74) is 0.432. The molecule has 112 valence electrons. The largest absolute Gasteiger partial charge is 0.573 e. The van der Waals surface area contributed by atoms with Gasteiger partial charge in [0.15, 0.2) is 0 Å². The molecule has 0 aromatic heterocycles. The van der Waals surface area contributed by atoms with Gasteiger partial charge in [-0.2, -0.15) is 0 Å². The molecule has 20 heavy (non-hydrogen) atoms. The minimum absolute atomic E-state index is 0.157. The molecular weight excluding hydrogens is 281 g/mol. The Morgan fingerprint density at radius 1 is 1.15 bits per heavy atom. The van der Waals surface area contributed by atoms with Crippen molar-refractivity contribution in [1.82, 2.24) is 0 Å². The predicted molar refractivity (Wildman–Crippen MR) is 64.0 cm³/mol. The Hall–Kier alpha value is -1.53. The standard InChI is InChI=1S/C13H14F5NO/c14-12(15)6-4-9(5-7-12)19-10-2-1-3-11(8-10)20-13(16,17)18/h1-3,8-9,19H,4-7H2. The monoisotopic (exact) mass is 295 g/mol. The van der Waals surface area contributed by atoms with Gasteiger partial charge in [0.25, 0.3) is 0 Å². The minimum Gasteiger partial charge on any atom is -0.406 e. The molecule has 1 saturated carbocycles. The molecule has 0 heterocycles. The van der Waals surface area contributed by atoms with Crippen molar-refractivity contribution in [3.63, 3.8) is 0 Å². The quantitative estimate of drug-likeness (QED) is 0.824. The van der Waals surface area contributed by atoms with E-state index < -0.39 is 12.3 Å². The maximum absolute atomic E-state index is 13.0. The van der Waals surface area contributed by atoms with Gasteiger partial charge in [0.2, 0.25) is 5.92 Å². The molecule has 0 radical (unpaired) electrons. The van der Waals surface area contributed by atoms with Crippen molar-refractivity contribution in [3.05, 3.63) is 24.3 Å². The highest BCUT2D eigenvalue weighted by Crippen LogP contribution is 2.34. The first-order chi connectivity index (χ1) is 9.23. The number of rotatable bonds is 3. The molecule has 1 aliphatic carbocycles. The Balaban J connectivity index is 1.95. The normalized spacial score (nSPS) is 19.6. The van der Waals surface area contributed by atoms with Crippen molar-refractivity contribution >= 4 is 5.69 Å². The second-order valence-electron chi connectivity index (χ2n) is 4.85. The fourth-order valence-electron chi connectivity index (χ4n) is 2.20. The molecular formula is C13H14F5NO. The molecule has 2 rings (SSSR count). The lowest BCUT2D eigenvalue weighted by Crippen LogP contribution is -2.32. The van der Waals surface area contributed by atoms with Gasteiger partial charge in [-0.15, -0.1) is 13.2 Å². The smallest absolute Gasteiger partial charge is 0.406 e. The van der Waals surface area contributed by atoms with E-state index in [9.17, 15) is 22.0 Å². The molecule has 1 aromatic carbocycles. The van der Waals surface area contributed by atoms with Gasteiger partial charge in [0.05, 0.1) is 0 Å². The molecule has 1 N–H and O–H groups in total. The van der Waals surface area contributed by atoms with Gasteiger partial charge < -0.3 is 10.1 Å². The Kier molecular flexibility index (Phi) is 4.06. The van der Waals surface area contributed by atoms with E-state index >= 15 is 0 Å². The van der Waals surface area contributed by atoms with Crippen molar-refractivity contribution in [1.29, 1.82) is 0 Å². The zero-order valence-corrected chi connectivity index (χ0v) is 10.5. The van der Waals surface area contributed by atoms with Gasteiger partial charge in [-0.3, -0.25) is 0 Å². The average Bonchev–Trinajstić information content (AvgIpc) is 2.30. The highest BCUT2D eigenvalue weighted by atomic mass is 19.4. The number of anilines is 1. The molecule has 0 aliphatic heterocycles. The molecule has 0 unspecified atom stereocenters. The van der Waals surface area contributed by atoms with Crippen LogP contribution in [0.1, 0.15) is 25.7 Å². The van der Waals surface area contributed by atoms with Crippen LogP contribution in [0.25, 0.3) is 0 Å². The van der Waals surface area contributed by atoms with E-state index in [1.807, 2.05) is 0 Å². The SMILES string of the molecule is FC1(F)CCC(Nc2cccc(OC(F)(F)F)c2)CC1. The topological polar surface area (TPSA) is 21.3 Å². The van der Waals surface area contributed by atoms with Crippen LogP contribution >= 0.6 is 0 Å². The third-order valence-electron chi connectivity index (χ3n) is 3.16. The van der Waals surface area contributed by atoms with E-state index in [1.54, 1.807) is 6.07 Å². The van der Waals surface area contributed by atoms with Crippen LogP contribution in [0.2, 0.25) is 0 Å². The fourth-order valence-corrected chi connectivity index (χ4v) is 2.20. The van der Waals surface area contributed by atoms with Gasteiger partial charge >= 0.3 is 6.36 Å². The molecule has 0 saturated heterocycles. The lowest BCUT2D eigenvalue weighted by molar-refractivity contribution is -0.274. The highest BCUT2D eigenvalue weighted by Gasteiger charge is 2.35. The van der Waals surface area contributed by atoms with Gasteiger partial charge in [0, 0.05) is 30.6 Å². The predicted octanol–water partition coefficient (Wildman–Crippen LogP) is 4.58. The second kappa shape index (κ2) is 5.46. The molecule has 0 bridgehead atoms. The van der Waals surface area contributed by atoms with Crippen LogP contribution in [0, 0.1) is 0 Å². The fraction of sp³-hybridized carbons (Fsp3) is 0.538. The summed E-state index contributed by atoms with van der Waals surface area (Å²) in [7, 11) is 0. The van der Waals surface area contributed by atoms with E-state index in [0.717, 1.165) is 0 Å². The summed E-state index contributed by atoms with van der Waals surface area (Å²) in [6, 6.07) is 5.24. The molecule has 1 aromatic rings. The summed E-state index contributed by atoms with van der Waals surface area (Å²) in [4.78, 5) is 0. The van der Waals surface area contributed by atoms with E-state index in [1.165, 1.54) is 18.2 Å². The number of ether oxygens (including phenoxy) is 1. The Bertz CT molecular complexity index is 450. The lowest BCUT2D eigenvalue weighted by Gasteiger charge is -2.29. The van der Waals surface area contributed by atoms with E-state index in [-0.39, 0.29) is 37.5 Å². The van der Waals surface area contributed by atoms with Crippen LogP contribution in [0.5, 0.6) is 5.75 Å². The zero-order valence-electron chi connectivity index (χ0n) is 10.5. The molecule has 1 fully saturated rings. The van der Waals surface area contributed by atoms with E-state index in [4.69, 9.17) is 0 Å². The van der Waals surface area contributed by atoms with Crippen LogP contribution < -0.4 is 10.1 Å². The van der Waals surface area contributed by atoms with Crippen LogP contribution in [0.4, 0.5) is 27.6 Å². The Labute approximate surface area is 112 Å². The van der Waals surface area contributed by atoms with Gasteiger partial charge in [-0.1, -0.05) is 6.07 Å². The number of hydrogen-bond donors (Lipinski definition) is 1. The van der Waals surface area contributed by atoms with Crippen LogP contribution in [-0.2, 0) is 0 Å². The first kappa shape index (κ1) is 14.9. The zero-order chi connectivity index (χ0) is 14.8. The van der Waals surface area contributed by atoms with Crippen molar-refractivity contribution in [2.45, 2.75) is 44.0 Å². The summed E-state index contributed by atoms with van der Waals surface area (Å²) >= 11 is 0. The van der Waals surface area contributed by atoms with Crippen LogP contribution in [-0.4, -0.2) is 18.3 Å². The van der Waals surface area contributed by atoms with Crippen molar-refractivity contribution < 1.29 is 26.7 Å². The molecule has 0 spiro atoms. The third-order valence-corrected chi connectivity index (χ3v) is 3.16. The highest BCUT2D eigenvalue weighted by molar-refractivity contribution is 5.49. The van der Waals surface area contributed by atoms with Crippen LogP contribution in [0.15, 0.2) is 24.3 Å². The summed E-state index contributed by atoms with van der Waals surface area (Å²) in [6.45, 7) is 0. The van der Waals surface area contributed by atoms with Crippen molar-refractivity contribution in [2.75, 3.05) is 5.32 Å². The first-order valence-electron chi connectivity index (χ1n) is 6.24. The maximum Gasteiger partial charge on any atom is 0.573 e. The minimum atomic E-state index is -4.74. The number of hydrogen-bond acceptors (Lipinski definition) is 2. The third kappa shape index (κ3) is 4.54. The first-order valence-corrected chi connectivity index (χ1v) is 6.24. The maximum atomic E-state index is 13.0. The summed E-state index contributed by atoms with van der Waals surface area (Å²) < 4.78 is 66.1. The summed E-state index contributed by atoms with van der Waals surface area (Å²) in [5.74, 6) is -2.96. The summed E-state index contributed by atoms with van der Waals surface area (Å²) in [6.07, 6.45) is -4.58. The van der Waals surface area contributed by atoms with Crippen molar-refractivity contribution in [2.24, 2.45) is 0 Å². The van der Waals surface area contributed by atoms with E-state index in [2.05, 4.69) is 10.1 Å². The lowest BCUT2D eigenvalue weighted by atomic mass is 9.92. The van der Waals surface area contributed by atoms with Crippen molar-refractivity contribution in [3.8, 4) is 5.75 Å². The average molecular weight is 295 g/mol. The van der Waals surface area contributed by atoms with Gasteiger partial charge in [-0.25, -0.2) is 8.78 Å². The van der Waals surface area contributed by atoms with Crippen LogP contribution in [0.3, 0.4) is 0 Å². The van der Waals surface area contributed by atoms with Gasteiger partial charge in [0.1, 0.15) is 5.75 Å². The molecule has 7 heteroatoms. The van der Waals surface area contributed by atoms with E-state index in [0.29, 0.717) is 5.69 Å². The number of halogens is 5. The summed E-state index contributed by atoms with van der Waals surface area (Å²) in [5, 5.41) is 2.96. The Morgan fingerprint density at radius 2 is 1.80 bits per heavy atom. The second-order valence-corrected chi connectivity index (χ2v) is 4.85. The molecule has 1 aliphatic rings. The number of nitrogens with one attached hydrogen (secondary N) is 1. The number of alkyl halides is 5. The molecule has 0 amide bonds. The van der Waals surface area contributed by atoms with Gasteiger partial charge in [-0.05, 0) is 25.0 Å². The number of benzene rings is 1. The molecule has 2 nitrogen and oxygen atoms in total. The Morgan fingerprint density at radius 3 is 2.40 bits per heavy atom.